The number of ether oxygens (including phenoxy) is 2. The van der Waals surface area contributed by atoms with Crippen LogP contribution in [0.5, 0.6) is 5.75 Å². The molecule has 0 spiro atoms. The van der Waals surface area contributed by atoms with Gasteiger partial charge in [-0.05, 0) is 19.1 Å². The van der Waals surface area contributed by atoms with Gasteiger partial charge < -0.3 is 9.47 Å². The molecule has 1 aromatic carbocycles. The Hall–Kier alpha value is -1.42. The first kappa shape index (κ1) is 17.6. The summed E-state index contributed by atoms with van der Waals surface area (Å²) in [6.07, 6.45) is 0. The minimum atomic E-state index is -2.31. The zero-order chi connectivity index (χ0) is 16.3. The van der Waals surface area contributed by atoms with E-state index in [2.05, 4.69) is 21.7 Å². The lowest BCUT2D eigenvalue weighted by atomic mass is 10.3. The number of hydrogen-bond acceptors (Lipinski definition) is 5. The van der Waals surface area contributed by atoms with Crippen LogP contribution in [-0.4, -0.2) is 22.7 Å². The van der Waals surface area contributed by atoms with Gasteiger partial charge in [-0.3, -0.25) is 4.79 Å². The highest BCUT2D eigenvalue weighted by atomic mass is 32.2. The number of halogens is 5. The monoisotopic (exact) mass is 346 g/mol. The van der Waals surface area contributed by atoms with Gasteiger partial charge in [0.25, 0.3) is 0 Å². The number of carbonyl (C=O) groups is 1. The van der Waals surface area contributed by atoms with Crippen LogP contribution in [0.15, 0.2) is 0 Å². The van der Waals surface area contributed by atoms with Gasteiger partial charge in [-0.15, -0.1) is 0 Å². The summed E-state index contributed by atoms with van der Waals surface area (Å²) in [6.45, 7) is 1.35. The number of benzene rings is 1. The van der Waals surface area contributed by atoms with E-state index in [-0.39, 0.29) is 0 Å². The lowest BCUT2D eigenvalue weighted by molar-refractivity contribution is -0.139. The second kappa shape index (κ2) is 7.03. The third kappa shape index (κ3) is 3.82. The maximum Gasteiger partial charge on any atom is 0.319 e. The molecule has 0 saturated carbocycles. The van der Waals surface area contributed by atoms with Crippen LogP contribution in [0.2, 0.25) is 0 Å². The molecule has 0 radical (unpaired) electrons. The molecule has 1 aromatic rings. The summed E-state index contributed by atoms with van der Waals surface area (Å²) in [4.78, 5) is 11.1. The van der Waals surface area contributed by atoms with Gasteiger partial charge in [0.05, 0.1) is 7.11 Å². The Kier molecular flexibility index (Phi) is 5.90. The predicted octanol–water partition coefficient (Wildman–Crippen LogP) is 3.34. The summed E-state index contributed by atoms with van der Waals surface area (Å²) >= 11 is 5.10. The average Bonchev–Trinajstić information content (AvgIpc) is 2.46. The highest BCUT2D eigenvalue weighted by Crippen LogP contribution is 2.30. The smallest absolute Gasteiger partial charge is 0.319 e. The molecular weight excluding hydrogens is 339 g/mol. The second-order valence-corrected chi connectivity index (χ2v) is 5.48. The van der Waals surface area contributed by atoms with Crippen molar-refractivity contribution >= 4 is 34.3 Å². The molecule has 3 nitrogen and oxygen atoms in total. The standard InChI is InChI=1S/C11H7F5O3S2/c1-3(10(17)18-2)21-11(20)19-9-7(15)5(13)4(12)6(14)8(9)16/h3H,1-2H3. The Bertz CT molecular complexity index is 565. The van der Waals surface area contributed by atoms with Gasteiger partial charge in [-0.1, -0.05) is 11.8 Å². The molecule has 0 aliphatic carbocycles. The fourth-order valence-corrected chi connectivity index (χ4v) is 2.27. The first-order valence-corrected chi connectivity index (χ1v) is 6.47. The van der Waals surface area contributed by atoms with E-state index in [4.69, 9.17) is 0 Å². The Labute approximate surface area is 125 Å². The summed E-state index contributed by atoms with van der Waals surface area (Å²) in [6, 6.07) is 0. The largest absolute Gasteiger partial charge is 0.468 e. The molecule has 1 atom stereocenters. The van der Waals surface area contributed by atoms with Gasteiger partial charge in [-0.25, -0.2) is 13.2 Å². The molecule has 0 bridgehead atoms. The van der Waals surface area contributed by atoms with Crippen LogP contribution < -0.4 is 4.74 Å². The zero-order valence-corrected chi connectivity index (χ0v) is 12.1. The van der Waals surface area contributed by atoms with Crippen molar-refractivity contribution in [3.63, 3.8) is 0 Å². The summed E-state index contributed by atoms with van der Waals surface area (Å²) < 4.78 is 73.5. The summed E-state index contributed by atoms with van der Waals surface area (Å²) in [7, 11) is 1.10. The van der Waals surface area contributed by atoms with Crippen LogP contribution in [0.4, 0.5) is 22.0 Å². The van der Waals surface area contributed by atoms with Gasteiger partial charge >= 0.3 is 5.97 Å². The first-order valence-electron chi connectivity index (χ1n) is 5.18. The molecule has 0 aliphatic heterocycles. The highest BCUT2D eigenvalue weighted by molar-refractivity contribution is 8.23. The van der Waals surface area contributed by atoms with Crippen LogP contribution in [0.25, 0.3) is 0 Å². The van der Waals surface area contributed by atoms with Crippen LogP contribution in [0, 0.1) is 29.1 Å². The number of thioether (sulfide) groups is 1. The van der Waals surface area contributed by atoms with Crippen molar-refractivity contribution in [2.75, 3.05) is 7.11 Å². The molecule has 0 saturated heterocycles. The van der Waals surface area contributed by atoms with Crippen molar-refractivity contribution in [3.8, 4) is 5.75 Å². The average molecular weight is 346 g/mol. The number of thiocarbonyl (C=S) groups is 1. The van der Waals surface area contributed by atoms with Crippen LogP contribution in [-0.2, 0) is 9.53 Å². The summed E-state index contributed by atoms with van der Waals surface area (Å²) in [5.41, 5.74) is 0. The predicted molar refractivity (Wildman–Crippen MR) is 68.5 cm³/mol. The van der Waals surface area contributed by atoms with E-state index in [0.29, 0.717) is 11.8 Å². The Morgan fingerprint density at radius 1 is 1.05 bits per heavy atom. The maximum atomic E-state index is 13.3. The molecule has 0 fully saturated rings. The summed E-state index contributed by atoms with van der Waals surface area (Å²) in [5, 5.41) is -0.885. The number of rotatable bonds is 3. The fourth-order valence-electron chi connectivity index (χ4n) is 1.14. The Morgan fingerprint density at radius 3 is 1.90 bits per heavy atom. The topological polar surface area (TPSA) is 35.5 Å². The van der Waals surface area contributed by atoms with E-state index in [1.165, 1.54) is 6.92 Å². The van der Waals surface area contributed by atoms with Gasteiger partial charge in [-0.2, -0.15) is 8.78 Å². The fraction of sp³-hybridized carbons (Fsp3) is 0.273. The molecule has 0 heterocycles. The molecular formula is C11H7F5O3S2. The third-order valence-corrected chi connectivity index (χ3v) is 3.35. The zero-order valence-electron chi connectivity index (χ0n) is 10.5. The SMILES string of the molecule is COC(=O)C(C)SC(=S)Oc1c(F)c(F)c(F)c(F)c1F. The molecule has 1 rings (SSSR count). The number of esters is 1. The van der Waals surface area contributed by atoms with Gasteiger partial charge in [0, 0.05) is 0 Å². The maximum absolute atomic E-state index is 13.3. The van der Waals surface area contributed by atoms with Crippen LogP contribution >= 0.6 is 24.0 Å². The molecule has 0 amide bonds. The van der Waals surface area contributed by atoms with Crippen LogP contribution in [0.3, 0.4) is 0 Å². The van der Waals surface area contributed by atoms with Gasteiger partial charge in [0.15, 0.2) is 0 Å². The lowest BCUT2D eigenvalue weighted by Crippen LogP contribution is -2.19. The lowest BCUT2D eigenvalue weighted by Gasteiger charge is -2.12. The van der Waals surface area contributed by atoms with E-state index in [9.17, 15) is 26.7 Å². The van der Waals surface area contributed by atoms with E-state index in [0.717, 1.165) is 7.11 Å². The minimum Gasteiger partial charge on any atom is -0.468 e. The van der Waals surface area contributed by atoms with Crippen molar-refractivity contribution in [2.45, 2.75) is 12.2 Å². The van der Waals surface area contributed by atoms with Crippen molar-refractivity contribution in [3.05, 3.63) is 29.1 Å². The molecule has 0 N–H and O–H groups in total. The van der Waals surface area contributed by atoms with Gasteiger partial charge in [0.1, 0.15) is 5.25 Å². The minimum absolute atomic E-state index is 0.523. The summed E-state index contributed by atoms with van der Waals surface area (Å²) in [5.74, 6) is -13.2. The van der Waals surface area contributed by atoms with E-state index >= 15 is 0 Å². The third-order valence-electron chi connectivity index (χ3n) is 2.16. The molecule has 0 aliphatic rings. The van der Waals surface area contributed by atoms with Crippen molar-refractivity contribution in [2.24, 2.45) is 0 Å². The molecule has 0 aromatic heterocycles. The van der Waals surface area contributed by atoms with E-state index in [1.54, 1.807) is 0 Å². The Balaban J connectivity index is 2.99. The second-order valence-electron chi connectivity index (χ2n) is 3.53. The van der Waals surface area contributed by atoms with Crippen LogP contribution in [0.1, 0.15) is 6.92 Å². The molecule has 1 unspecified atom stereocenters. The Morgan fingerprint density at radius 2 is 1.48 bits per heavy atom. The number of hydrogen-bond donors (Lipinski definition) is 0. The van der Waals surface area contributed by atoms with E-state index in [1.807, 2.05) is 0 Å². The first-order chi connectivity index (χ1) is 9.70. The molecule has 21 heavy (non-hydrogen) atoms. The number of carbonyl (C=O) groups excluding carboxylic acids is 1. The van der Waals surface area contributed by atoms with Crippen molar-refractivity contribution in [1.29, 1.82) is 0 Å². The van der Waals surface area contributed by atoms with E-state index < -0.39 is 50.4 Å². The molecule has 116 valence electrons. The van der Waals surface area contributed by atoms with Crippen molar-refractivity contribution in [1.82, 2.24) is 0 Å². The molecule has 10 heteroatoms. The normalized spacial score (nSPS) is 12.0. The quantitative estimate of drug-likeness (QED) is 0.276. The number of methoxy groups -OCH3 is 1. The van der Waals surface area contributed by atoms with Crippen molar-refractivity contribution < 1.29 is 36.2 Å². The van der Waals surface area contributed by atoms with Gasteiger partial charge in [0.2, 0.25) is 39.2 Å². The highest BCUT2D eigenvalue weighted by Gasteiger charge is 2.28.